The molecule has 1 atom stereocenters. The number of hydrogen-bond donors (Lipinski definition) is 2. The number of fused-ring (bicyclic) bond motifs is 1. The van der Waals surface area contributed by atoms with Crippen molar-refractivity contribution >= 4 is 42.6 Å². The number of halogens is 2. The monoisotopic (exact) mass is 374 g/mol. The third-order valence-corrected chi connectivity index (χ3v) is 3.83. The van der Waals surface area contributed by atoms with Crippen LogP contribution in [0.4, 0.5) is 0 Å². The van der Waals surface area contributed by atoms with Gasteiger partial charge in [-0.2, -0.15) is 0 Å². The molecule has 0 aliphatic rings. The fraction of sp³-hybridized carbons (Fsp3) is 0.231. The van der Waals surface area contributed by atoms with Crippen LogP contribution in [0, 0.1) is 0 Å². The molecule has 18 heavy (non-hydrogen) atoms. The summed E-state index contributed by atoms with van der Waals surface area (Å²) in [5.74, 6) is 0.650. The molecule has 5 heteroatoms. The molecule has 0 saturated heterocycles. The third-order valence-electron chi connectivity index (χ3n) is 2.52. The summed E-state index contributed by atoms with van der Waals surface area (Å²) in [5, 5.41) is 20.1. The average molecular weight is 376 g/mol. The largest absolute Gasteiger partial charge is 0.490 e. The first-order chi connectivity index (χ1) is 8.61. The fourth-order valence-electron chi connectivity index (χ4n) is 1.59. The second kappa shape index (κ2) is 6.02. The van der Waals surface area contributed by atoms with Crippen LogP contribution in [0.15, 0.2) is 39.3 Å². The highest BCUT2D eigenvalue weighted by atomic mass is 79.9. The van der Waals surface area contributed by atoms with Crippen molar-refractivity contribution in [1.82, 2.24) is 0 Å². The summed E-state index contributed by atoms with van der Waals surface area (Å²) >= 11 is 6.92. The summed E-state index contributed by atoms with van der Waals surface area (Å²) in [7, 11) is 0. The van der Waals surface area contributed by atoms with Crippen LogP contribution in [0.1, 0.15) is 0 Å². The van der Waals surface area contributed by atoms with Crippen molar-refractivity contribution in [2.24, 2.45) is 0 Å². The first kappa shape index (κ1) is 13.8. The summed E-state index contributed by atoms with van der Waals surface area (Å²) in [5.41, 5.74) is 0. The van der Waals surface area contributed by atoms with E-state index in [0.717, 1.165) is 19.7 Å². The molecule has 0 aromatic heterocycles. The van der Waals surface area contributed by atoms with E-state index in [9.17, 15) is 5.11 Å². The van der Waals surface area contributed by atoms with Crippen LogP contribution in [0.3, 0.4) is 0 Å². The Morgan fingerprint density at radius 3 is 2.67 bits per heavy atom. The topological polar surface area (TPSA) is 49.7 Å². The van der Waals surface area contributed by atoms with Crippen LogP contribution in [0.25, 0.3) is 10.8 Å². The summed E-state index contributed by atoms with van der Waals surface area (Å²) < 4.78 is 7.32. The van der Waals surface area contributed by atoms with Crippen LogP contribution in [-0.4, -0.2) is 29.5 Å². The first-order valence-electron chi connectivity index (χ1n) is 5.41. The van der Waals surface area contributed by atoms with Crippen LogP contribution in [0.5, 0.6) is 5.75 Å². The molecular weight excluding hydrogens is 364 g/mol. The first-order valence-corrected chi connectivity index (χ1v) is 7.00. The molecule has 2 aromatic carbocycles. The number of hydrogen-bond acceptors (Lipinski definition) is 3. The molecule has 0 bridgehead atoms. The quantitative estimate of drug-likeness (QED) is 0.863. The van der Waals surface area contributed by atoms with E-state index < -0.39 is 6.10 Å². The van der Waals surface area contributed by atoms with E-state index >= 15 is 0 Å². The van der Waals surface area contributed by atoms with Gasteiger partial charge in [-0.15, -0.1) is 0 Å². The fourth-order valence-corrected chi connectivity index (χ4v) is 2.58. The summed E-state index contributed by atoms with van der Waals surface area (Å²) in [6.07, 6.45) is -0.863. The Kier molecular flexibility index (Phi) is 4.61. The lowest BCUT2D eigenvalue weighted by Crippen LogP contribution is -2.21. The Balaban J connectivity index is 2.30. The van der Waals surface area contributed by atoms with E-state index in [0.29, 0.717) is 5.75 Å². The standard InChI is InChI=1S/C13H12Br2O3/c14-9-2-3-11-8(5-9)1-4-12(13(11)15)18-7-10(17)6-16/h1-5,10,16-17H,6-7H2. The molecule has 96 valence electrons. The highest BCUT2D eigenvalue weighted by Gasteiger charge is 2.09. The molecule has 0 spiro atoms. The number of aliphatic hydroxyl groups is 2. The molecule has 0 aliphatic carbocycles. The SMILES string of the molecule is OCC(O)COc1ccc2cc(Br)ccc2c1Br. The van der Waals surface area contributed by atoms with Crippen molar-refractivity contribution in [2.45, 2.75) is 6.10 Å². The van der Waals surface area contributed by atoms with Crippen molar-refractivity contribution in [3.05, 3.63) is 39.3 Å². The maximum Gasteiger partial charge on any atom is 0.134 e. The van der Waals surface area contributed by atoms with Gasteiger partial charge in [0.1, 0.15) is 18.5 Å². The van der Waals surface area contributed by atoms with Gasteiger partial charge in [-0.3, -0.25) is 0 Å². The smallest absolute Gasteiger partial charge is 0.134 e. The van der Waals surface area contributed by atoms with Gasteiger partial charge in [0.15, 0.2) is 0 Å². The molecule has 2 rings (SSSR count). The minimum absolute atomic E-state index is 0.0666. The lowest BCUT2D eigenvalue weighted by atomic mass is 10.1. The van der Waals surface area contributed by atoms with Gasteiger partial charge in [-0.05, 0) is 44.9 Å². The molecule has 2 N–H and O–H groups in total. The van der Waals surface area contributed by atoms with Gasteiger partial charge in [0.25, 0.3) is 0 Å². The maximum atomic E-state index is 9.26. The molecule has 0 saturated carbocycles. The van der Waals surface area contributed by atoms with Gasteiger partial charge < -0.3 is 14.9 Å². The van der Waals surface area contributed by atoms with Gasteiger partial charge in [0, 0.05) is 4.47 Å². The van der Waals surface area contributed by atoms with Gasteiger partial charge in [0.05, 0.1) is 11.1 Å². The Bertz CT molecular complexity index is 557. The van der Waals surface area contributed by atoms with Crippen LogP contribution < -0.4 is 4.74 Å². The van der Waals surface area contributed by atoms with E-state index in [-0.39, 0.29) is 13.2 Å². The minimum atomic E-state index is -0.863. The van der Waals surface area contributed by atoms with Crippen molar-refractivity contribution in [2.75, 3.05) is 13.2 Å². The van der Waals surface area contributed by atoms with Crippen LogP contribution in [0.2, 0.25) is 0 Å². The Labute approximate surface area is 122 Å². The van der Waals surface area contributed by atoms with Gasteiger partial charge in [-0.1, -0.05) is 28.1 Å². The second-order valence-electron chi connectivity index (χ2n) is 3.89. The van der Waals surface area contributed by atoms with Crippen molar-refractivity contribution < 1.29 is 14.9 Å². The minimum Gasteiger partial charge on any atom is -0.490 e. The number of benzene rings is 2. The number of rotatable bonds is 4. The molecular formula is C13H12Br2O3. The van der Waals surface area contributed by atoms with E-state index in [1.54, 1.807) is 0 Å². The van der Waals surface area contributed by atoms with Gasteiger partial charge >= 0.3 is 0 Å². The zero-order valence-electron chi connectivity index (χ0n) is 9.44. The molecule has 3 nitrogen and oxygen atoms in total. The Morgan fingerprint density at radius 2 is 1.94 bits per heavy atom. The zero-order valence-corrected chi connectivity index (χ0v) is 12.6. The van der Waals surface area contributed by atoms with Crippen molar-refractivity contribution in [3.63, 3.8) is 0 Å². The van der Waals surface area contributed by atoms with Gasteiger partial charge in [-0.25, -0.2) is 0 Å². The van der Waals surface area contributed by atoms with E-state index in [4.69, 9.17) is 9.84 Å². The molecule has 0 amide bonds. The number of aliphatic hydroxyl groups excluding tert-OH is 2. The molecule has 0 aliphatic heterocycles. The molecule has 2 aromatic rings. The lowest BCUT2D eigenvalue weighted by Gasteiger charge is -2.12. The maximum absolute atomic E-state index is 9.26. The van der Waals surface area contributed by atoms with Crippen molar-refractivity contribution in [3.8, 4) is 5.75 Å². The van der Waals surface area contributed by atoms with Crippen molar-refractivity contribution in [1.29, 1.82) is 0 Å². The molecule has 1 unspecified atom stereocenters. The summed E-state index contributed by atoms with van der Waals surface area (Å²) in [4.78, 5) is 0. The highest BCUT2D eigenvalue weighted by molar-refractivity contribution is 9.11. The predicted octanol–water partition coefficient (Wildman–Crippen LogP) is 3.10. The van der Waals surface area contributed by atoms with E-state index in [2.05, 4.69) is 31.9 Å². The summed E-state index contributed by atoms with van der Waals surface area (Å²) in [6, 6.07) is 9.75. The highest BCUT2D eigenvalue weighted by Crippen LogP contribution is 2.34. The lowest BCUT2D eigenvalue weighted by molar-refractivity contribution is 0.0534. The van der Waals surface area contributed by atoms with E-state index in [1.165, 1.54) is 0 Å². The van der Waals surface area contributed by atoms with Crippen LogP contribution >= 0.6 is 31.9 Å². The molecule has 0 fully saturated rings. The number of ether oxygens (including phenoxy) is 1. The average Bonchev–Trinajstić information content (AvgIpc) is 2.37. The Hall–Kier alpha value is -0.620. The predicted molar refractivity (Wildman–Crippen MR) is 77.9 cm³/mol. The molecule has 0 radical (unpaired) electrons. The normalized spacial score (nSPS) is 12.7. The Morgan fingerprint density at radius 1 is 1.17 bits per heavy atom. The second-order valence-corrected chi connectivity index (χ2v) is 5.60. The van der Waals surface area contributed by atoms with Crippen LogP contribution in [-0.2, 0) is 0 Å². The van der Waals surface area contributed by atoms with E-state index in [1.807, 2.05) is 30.3 Å². The van der Waals surface area contributed by atoms with Gasteiger partial charge in [0.2, 0.25) is 0 Å². The third kappa shape index (κ3) is 3.03. The molecule has 0 heterocycles. The zero-order chi connectivity index (χ0) is 13.1. The summed E-state index contributed by atoms with van der Waals surface area (Å²) in [6.45, 7) is -0.241.